The molecule has 3 rings (SSSR count). The van der Waals surface area contributed by atoms with Crippen molar-refractivity contribution in [2.75, 3.05) is 24.1 Å². The van der Waals surface area contributed by atoms with Crippen LogP contribution in [0.15, 0.2) is 24.3 Å². The summed E-state index contributed by atoms with van der Waals surface area (Å²) in [6, 6.07) is 5.71. The second-order valence-electron chi connectivity index (χ2n) is 6.24. The Labute approximate surface area is 144 Å². The molecule has 3 N–H and O–H groups in total. The van der Waals surface area contributed by atoms with Crippen LogP contribution in [0, 0.1) is 0 Å². The van der Waals surface area contributed by atoms with Gasteiger partial charge in [0.05, 0.1) is 6.26 Å². The maximum Gasteiger partial charge on any atom is 0.322 e. The molecular formula is C15H18N4O5S. The number of carbonyl (C=O) groups excluding carboxylic acids is 3. The van der Waals surface area contributed by atoms with Gasteiger partial charge in [-0.1, -0.05) is 6.07 Å². The number of carbonyl (C=O) groups is 3. The summed E-state index contributed by atoms with van der Waals surface area (Å²) in [5, 5.41) is 4.86. The summed E-state index contributed by atoms with van der Waals surface area (Å²) < 4.78 is 24.9. The van der Waals surface area contributed by atoms with Gasteiger partial charge in [0.15, 0.2) is 0 Å². The number of imide groups is 1. The van der Waals surface area contributed by atoms with E-state index in [1.807, 2.05) is 0 Å². The van der Waals surface area contributed by atoms with Crippen molar-refractivity contribution in [3.8, 4) is 0 Å². The third-order valence-corrected chi connectivity index (χ3v) is 4.94. The molecule has 2 aliphatic heterocycles. The number of sulfonamides is 1. The number of benzene rings is 1. The number of rotatable bonds is 3. The molecule has 1 aromatic carbocycles. The van der Waals surface area contributed by atoms with Crippen LogP contribution in [0.2, 0.25) is 0 Å². The molecular weight excluding hydrogens is 348 g/mol. The largest absolute Gasteiger partial charge is 0.338 e. The van der Waals surface area contributed by atoms with Crippen molar-refractivity contribution < 1.29 is 22.8 Å². The predicted octanol–water partition coefficient (Wildman–Crippen LogP) is -0.128. The molecule has 0 unspecified atom stereocenters. The number of urea groups is 1. The highest BCUT2D eigenvalue weighted by atomic mass is 32.2. The molecule has 25 heavy (non-hydrogen) atoms. The minimum absolute atomic E-state index is 0.253. The Hall–Kier alpha value is -2.62. The summed E-state index contributed by atoms with van der Waals surface area (Å²) >= 11 is 0. The highest BCUT2D eigenvalue weighted by Gasteiger charge is 2.48. The zero-order valence-corrected chi connectivity index (χ0v) is 14.4. The van der Waals surface area contributed by atoms with E-state index >= 15 is 0 Å². The van der Waals surface area contributed by atoms with Crippen molar-refractivity contribution in [2.45, 2.75) is 18.4 Å². The first-order valence-corrected chi connectivity index (χ1v) is 9.58. The quantitative estimate of drug-likeness (QED) is 0.643. The van der Waals surface area contributed by atoms with Gasteiger partial charge in [0.1, 0.15) is 5.54 Å². The molecule has 134 valence electrons. The summed E-state index contributed by atoms with van der Waals surface area (Å²) in [6.45, 7) is 0.631. The fraction of sp³-hybridized carbons (Fsp3) is 0.400. The minimum atomic E-state index is -3.43. The molecule has 4 amide bonds. The number of hydrogen-bond donors (Lipinski definition) is 3. The third kappa shape index (κ3) is 3.58. The lowest BCUT2D eigenvalue weighted by molar-refractivity contribution is -0.125. The Balaban J connectivity index is 1.70. The topological polar surface area (TPSA) is 125 Å². The second kappa shape index (κ2) is 6.03. The van der Waals surface area contributed by atoms with E-state index in [1.165, 1.54) is 6.07 Å². The van der Waals surface area contributed by atoms with Crippen LogP contribution in [0.3, 0.4) is 0 Å². The summed E-state index contributed by atoms with van der Waals surface area (Å²) in [6.07, 6.45) is 1.70. The lowest BCUT2D eigenvalue weighted by atomic mass is 9.87. The zero-order valence-electron chi connectivity index (χ0n) is 13.5. The first-order valence-electron chi connectivity index (χ1n) is 7.69. The van der Waals surface area contributed by atoms with Crippen LogP contribution in [-0.4, -0.2) is 56.0 Å². The summed E-state index contributed by atoms with van der Waals surface area (Å²) in [7, 11) is -3.43. The van der Waals surface area contributed by atoms with Gasteiger partial charge in [-0.15, -0.1) is 0 Å². The van der Waals surface area contributed by atoms with Gasteiger partial charge in [0, 0.05) is 24.3 Å². The zero-order chi connectivity index (χ0) is 18.2. The molecule has 0 saturated carbocycles. The van der Waals surface area contributed by atoms with Gasteiger partial charge >= 0.3 is 6.03 Å². The number of nitrogens with zero attached hydrogens (tertiary/aromatic N) is 1. The van der Waals surface area contributed by atoms with Crippen LogP contribution in [0.4, 0.5) is 10.5 Å². The second-order valence-corrected chi connectivity index (χ2v) is 7.99. The Morgan fingerprint density at radius 1 is 1.24 bits per heavy atom. The monoisotopic (exact) mass is 366 g/mol. The van der Waals surface area contributed by atoms with E-state index in [0.717, 1.165) is 6.26 Å². The highest BCUT2D eigenvalue weighted by Crippen LogP contribution is 2.26. The SMILES string of the molecule is CS(=O)(=O)Nc1cccc(C(=O)N2CCC3(CC2)NC(=O)NC3=O)c1. The molecule has 1 spiro atoms. The minimum Gasteiger partial charge on any atom is -0.338 e. The van der Waals surface area contributed by atoms with Crippen LogP contribution in [-0.2, 0) is 14.8 Å². The number of amides is 4. The van der Waals surface area contributed by atoms with E-state index in [9.17, 15) is 22.8 Å². The van der Waals surface area contributed by atoms with Gasteiger partial charge in [-0.3, -0.25) is 19.6 Å². The van der Waals surface area contributed by atoms with E-state index in [2.05, 4.69) is 15.4 Å². The number of likely N-dealkylation sites (tertiary alicyclic amines) is 1. The van der Waals surface area contributed by atoms with Gasteiger partial charge < -0.3 is 10.2 Å². The van der Waals surface area contributed by atoms with Gasteiger partial charge in [-0.05, 0) is 31.0 Å². The maximum absolute atomic E-state index is 12.6. The molecule has 0 radical (unpaired) electrons. The highest BCUT2D eigenvalue weighted by molar-refractivity contribution is 7.92. The fourth-order valence-electron chi connectivity index (χ4n) is 3.08. The first kappa shape index (κ1) is 17.2. The van der Waals surface area contributed by atoms with E-state index in [0.29, 0.717) is 37.2 Å². The van der Waals surface area contributed by atoms with Crippen LogP contribution in [0.5, 0.6) is 0 Å². The van der Waals surface area contributed by atoms with Gasteiger partial charge in [0.2, 0.25) is 10.0 Å². The average molecular weight is 366 g/mol. The molecule has 0 bridgehead atoms. The Morgan fingerprint density at radius 2 is 1.92 bits per heavy atom. The van der Waals surface area contributed by atoms with Crippen molar-refractivity contribution in [1.29, 1.82) is 0 Å². The van der Waals surface area contributed by atoms with Gasteiger partial charge in [0.25, 0.3) is 11.8 Å². The van der Waals surface area contributed by atoms with E-state index in [-0.39, 0.29) is 11.8 Å². The predicted molar refractivity (Wildman–Crippen MR) is 89.5 cm³/mol. The van der Waals surface area contributed by atoms with Crippen LogP contribution < -0.4 is 15.4 Å². The number of hydrogen-bond acceptors (Lipinski definition) is 5. The lowest BCUT2D eigenvalue weighted by Crippen LogP contribution is -2.55. The third-order valence-electron chi connectivity index (χ3n) is 4.33. The van der Waals surface area contributed by atoms with Crippen LogP contribution >= 0.6 is 0 Å². The van der Waals surface area contributed by atoms with E-state index in [4.69, 9.17) is 0 Å². The van der Waals surface area contributed by atoms with E-state index in [1.54, 1.807) is 23.1 Å². The Bertz CT molecular complexity index is 843. The maximum atomic E-state index is 12.6. The Morgan fingerprint density at radius 3 is 2.48 bits per heavy atom. The molecule has 0 aromatic heterocycles. The fourth-order valence-corrected chi connectivity index (χ4v) is 3.64. The smallest absolute Gasteiger partial charge is 0.322 e. The molecule has 2 heterocycles. The van der Waals surface area contributed by atoms with E-state index < -0.39 is 21.6 Å². The van der Waals surface area contributed by atoms with Gasteiger partial charge in [-0.25, -0.2) is 13.2 Å². The molecule has 9 nitrogen and oxygen atoms in total. The number of anilines is 1. The normalized spacial score (nSPS) is 19.5. The first-order chi connectivity index (χ1) is 11.7. The molecule has 2 fully saturated rings. The molecule has 10 heteroatoms. The molecule has 1 aromatic rings. The van der Waals surface area contributed by atoms with Crippen molar-refractivity contribution in [2.24, 2.45) is 0 Å². The molecule has 2 aliphatic rings. The average Bonchev–Trinajstić information content (AvgIpc) is 2.79. The molecule has 0 atom stereocenters. The summed E-state index contributed by atoms with van der Waals surface area (Å²) in [5.74, 6) is -0.610. The standard InChI is InChI=1S/C15H18N4O5S/c1-25(23,24)18-11-4-2-3-10(9-11)12(20)19-7-5-15(6-8-19)13(21)16-14(22)17-15/h2-4,9,18H,5-8H2,1H3,(H2,16,17,21,22). The summed E-state index contributed by atoms with van der Waals surface area (Å²) in [5.41, 5.74) is -0.276. The Kier molecular flexibility index (Phi) is 4.15. The van der Waals surface area contributed by atoms with Crippen molar-refractivity contribution in [1.82, 2.24) is 15.5 Å². The number of nitrogens with one attached hydrogen (secondary N) is 3. The summed E-state index contributed by atoms with van der Waals surface area (Å²) in [4.78, 5) is 37.5. The van der Waals surface area contributed by atoms with Crippen molar-refractivity contribution in [3.63, 3.8) is 0 Å². The van der Waals surface area contributed by atoms with Crippen molar-refractivity contribution >= 4 is 33.6 Å². The lowest BCUT2D eigenvalue weighted by Gasteiger charge is -2.37. The number of piperidine rings is 1. The molecule has 2 saturated heterocycles. The van der Waals surface area contributed by atoms with Crippen LogP contribution in [0.1, 0.15) is 23.2 Å². The van der Waals surface area contributed by atoms with Crippen molar-refractivity contribution in [3.05, 3.63) is 29.8 Å². The molecule has 0 aliphatic carbocycles. The van der Waals surface area contributed by atoms with Crippen LogP contribution in [0.25, 0.3) is 0 Å². The van der Waals surface area contributed by atoms with Gasteiger partial charge in [-0.2, -0.15) is 0 Å².